The molecule has 0 aliphatic carbocycles. The Bertz CT molecular complexity index is 116. The maximum absolute atomic E-state index is 10.8. The van der Waals surface area contributed by atoms with Crippen molar-refractivity contribution in [3.8, 4) is 0 Å². The summed E-state index contributed by atoms with van der Waals surface area (Å²) >= 11 is 5.18. The van der Waals surface area contributed by atoms with Crippen molar-refractivity contribution in [2.24, 2.45) is 0 Å². The number of halogens is 1. The molecule has 0 radical (unpaired) electrons. The van der Waals surface area contributed by atoms with Crippen LogP contribution in [0.25, 0.3) is 0 Å². The number of esters is 1. The van der Waals surface area contributed by atoms with Gasteiger partial charge >= 0.3 is 5.97 Å². The van der Waals surface area contributed by atoms with Gasteiger partial charge in [0.15, 0.2) is 0 Å². The molecule has 1 unspecified atom stereocenters. The van der Waals surface area contributed by atoms with E-state index < -0.39 is 6.04 Å². The summed E-state index contributed by atoms with van der Waals surface area (Å²) in [6.45, 7) is 5.22. The molecule has 0 aliphatic rings. The van der Waals surface area contributed by atoms with Crippen LogP contribution in [0.5, 0.6) is 0 Å². The van der Waals surface area contributed by atoms with Crippen LogP contribution in [0.4, 0.5) is 0 Å². The predicted molar refractivity (Wildman–Crippen MR) is 39.7 cm³/mol. The zero-order chi connectivity index (χ0) is 8.15. The molecule has 4 heteroatoms. The fourth-order valence-corrected chi connectivity index (χ4v) is 0.468. The monoisotopic (exact) mass is 165 g/mol. The minimum atomic E-state index is -0.441. The van der Waals surface area contributed by atoms with E-state index in [1.807, 2.05) is 0 Å². The van der Waals surface area contributed by atoms with Gasteiger partial charge in [0.1, 0.15) is 6.04 Å². The fraction of sp³-hybridized carbons (Fsp3) is 0.833. The Kier molecular flexibility index (Phi) is 4.40. The lowest BCUT2D eigenvalue weighted by molar-refractivity contribution is -0.148. The van der Waals surface area contributed by atoms with Crippen LogP contribution in [-0.2, 0) is 9.53 Å². The van der Waals surface area contributed by atoms with Gasteiger partial charge in [0.2, 0.25) is 0 Å². The third kappa shape index (κ3) is 3.69. The van der Waals surface area contributed by atoms with E-state index in [-0.39, 0.29) is 12.1 Å². The maximum Gasteiger partial charge on any atom is 0.324 e. The van der Waals surface area contributed by atoms with Gasteiger partial charge in [-0.3, -0.25) is 4.79 Å². The fourth-order valence-electron chi connectivity index (χ4n) is 0.379. The Morgan fingerprint density at radius 3 is 2.30 bits per heavy atom. The van der Waals surface area contributed by atoms with E-state index in [0.717, 1.165) is 0 Å². The summed E-state index contributed by atoms with van der Waals surface area (Å²) < 4.78 is 4.82. The first-order valence-electron chi connectivity index (χ1n) is 3.14. The first-order chi connectivity index (χ1) is 4.57. The molecule has 0 aromatic carbocycles. The van der Waals surface area contributed by atoms with E-state index in [1.54, 1.807) is 20.8 Å². The van der Waals surface area contributed by atoms with Gasteiger partial charge in [-0.2, -0.15) is 0 Å². The third-order valence-electron chi connectivity index (χ3n) is 0.869. The Morgan fingerprint density at radius 1 is 1.50 bits per heavy atom. The molecule has 0 aromatic heterocycles. The van der Waals surface area contributed by atoms with Crippen molar-refractivity contribution < 1.29 is 9.53 Å². The van der Waals surface area contributed by atoms with Crippen LogP contribution >= 0.6 is 11.8 Å². The van der Waals surface area contributed by atoms with Crippen LogP contribution in [0, 0.1) is 0 Å². The van der Waals surface area contributed by atoms with Crippen LogP contribution in [0.15, 0.2) is 0 Å². The molecule has 1 N–H and O–H groups in total. The Balaban J connectivity index is 3.62. The summed E-state index contributed by atoms with van der Waals surface area (Å²) in [6, 6.07) is -0.441. The van der Waals surface area contributed by atoms with E-state index in [4.69, 9.17) is 16.5 Å². The van der Waals surface area contributed by atoms with E-state index >= 15 is 0 Å². The Labute approximate surface area is 65.8 Å². The summed E-state index contributed by atoms with van der Waals surface area (Å²) in [4.78, 5) is 13.1. The zero-order valence-electron chi connectivity index (χ0n) is 6.35. The molecular weight excluding hydrogens is 154 g/mol. The van der Waals surface area contributed by atoms with Gasteiger partial charge in [-0.05, 0) is 32.5 Å². The minimum Gasteiger partial charge on any atom is -0.462 e. The molecule has 0 aromatic rings. The predicted octanol–water partition coefficient (Wildman–Crippen LogP) is 1.07. The van der Waals surface area contributed by atoms with Crippen LogP contribution in [0.1, 0.15) is 20.8 Å². The van der Waals surface area contributed by atoms with Crippen molar-refractivity contribution >= 4 is 17.7 Å². The maximum atomic E-state index is 10.8. The van der Waals surface area contributed by atoms with Crippen molar-refractivity contribution in [3.63, 3.8) is 0 Å². The summed E-state index contributed by atoms with van der Waals surface area (Å²) in [5.41, 5.74) is 0. The summed E-state index contributed by atoms with van der Waals surface area (Å²) in [5.74, 6) is -0.329. The van der Waals surface area contributed by atoms with Crippen molar-refractivity contribution in [2.45, 2.75) is 32.9 Å². The molecular formula is C6H12ClNO2. The molecule has 60 valence electrons. The van der Waals surface area contributed by atoms with Crippen LogP contribution in [0.3, 0.4) is 0 Å². The number of nitrogens with one attached hydrogen (secondary N) is 1. The zero-order valence-corrected chi connectivity index (χ0v) is 7.11. The lowest BCUT2D eigenvalue weighted by Gasteiger charge is -2.11. The molecule has 0 saturated heterocycles. The molecule has 0 rings (SSSR count). The minimum absolute atomic E-state index is 0.0834. The standard InChI is InChI=1S/C6H12ClNO2/c1-4(2)10-6(9)5(3)8-7/h4-5,8H,1-3H3. The number of carbonyl (C=O) groups excluding carboxylic acids is 1. The molecule has 0 amide bonds. The highest BCUT2D eigenvalue weighted by Gasteiger charge is 2.13. The molecule has 3 nitrogen and oxygen atoms in total. The molecule has 0 heterocycles. The summed E-state index contributed by atoms with van der Waals surface area (Å²) in [5, 5.41) is 0. The second-order valence-electron chi connectivity index (χ2n) is 2.32. The summed E-state index contributed by atoms with van der Waals surface area (Å²) in [7, 11) is 0. The quantitative estimate of drug-likeness (QED) is 0.502. The highest BCUT2D eigenvalue weighted by Crippen LogP contribution is 1.93. The SMILES string of the molecule is CC(C)OC(=O)C(C)NCl. The number of rotatable bonds is 3. The third-order valence-corrected chi connectivity index (χ3v) is 1.20. The Hall–Kier alpha value is -0.280. The first-order valence-corrected chi connectivity index (χ1v) is 3.52. The largest absolute Gasteiger partial charge is 0.462 e. The average molecular weight is 166 g/mol. The molecule has 0 spiro atoms. The van der Waals surface area contributed by atoms with Gasteiger partial charge in [0, 0.05) is 0 Å². The van der Waals surface area contributed by atoms with Crippen molar-refractivity contribution in [1.82, 2.24) is 4.84 Å². The number of ether oxygens (including phenoxy) is 1. The van der Waals surface area contributed by atoms with Gasteiger partial charge in [-0.15, -0.1) is 0 Å². The molecule has 0 saturated carbocycles. The normalized spacial score (nSPS) is 13.3. The van der Waals surface area contributed by atoms with Crippen LogP contribution in [-0.4, -0.2) is 18.1 Å². The van der Waals surface area contributed by atoms with Crippen molar-refractivity contribution in [1.29, 1.82) is 0 Å². The highest BCUT2D eigenvalue weighted by molar-refractivity contribution is 6.14. The van der Waals surface area contributed by atoms with Gasteiger partial charge in [-0.1, -0.05) is 0 Å². The van der Waals surface area contributed by atoms with Crippen molar-refractivity contribution in [3.05, 3.63) is 0 Å². The van der Waals surface area contributed by atoms with E-state index in [1.165, 1.54) is 0 Å². The number of carbonyl (C=O) groups is 1. The van der Waals surface area contributed by atoms with Gasteiger partial charge in [0.05, 0.1) is 6.10 Å². The summed E-state index contributed by atoms with van der Waals surface area (Å²) in [6.07, 6.45) is -0.0834. The van der Waals surface area contributed by atoms with Crippen molar-refractivity contribution in [2.75, 3.05) is 0 Å². The molecule has 1 atom stereocenters. The van der Waals surface area contributed by atoms with Gasteiger partial charge < -0.3 is 4.74 Å². The number of hydrogen-bond acceptors (Lipinski definition) is 3. The topological polar surface area (TPSA) is 38.3 Å². The van der Waals surface area contributed by atoms with Gasteiger partial charge in [-0.25, -0.2) is 4.84 Å². The second kappa shape index (κ2) is 4.52. The average Bonchev–Trinajstić information content (AvgIpc) is 1.85. The molecule has 10 heavy (non-hydrogen) atoms. The van der Waals surface area contributed by atoms with Gasteiger partial charge in [0.25, 0.3) is 0 Å². The lowest BCUT2D eigenvalue weighted by atomic mass is 10.4. The highest BCUT2D eigenvalue weighted by atomic mass is 35.5. The lowest BCUT2D eigenvalue weighted by Crippen LogP contribution is -2.30. The molecule has 0 fully saturated rings. The molecule has 0 bridgehead atoms. The van der Waals surface area contributed by atoms with E-state index in [9.17, 15) is 4.79 Å². The van der Waals surface area contributed by atoms with Crippen LogP contribution in [0.2, 0.25) is 0 Å². The number of hydrogen-bond donors (Lipinski definition) is 1. The Morgan fingerprint density at radius 2 is 2.00 bits per heavy atom. The smallest absolute Gasteiger partial charge is 0.324 e. The second-order valence-corrected chi connectivity index (χ2v) is 2.53. The van der Waals surface area contributed by atoms with E-state index in [2.05, 4.69) is 4.84 Å². The molecule has 0 aliphatic heterocycles. The van der Waals surface area contributed by atoms with E-state index in [0.29, 0.717) is 0 Å². The van der Waals surface area contributed by atoms with Crippen LogP contribution < -0.4 is 4.84 Å². The first kappa shape index (κ1) is 9.72.